The van der Waals surface area contributed by atoms with E-state index in [0.717, 1.165) is 6.42 Å². The fourth-order valence-electron chi connectivity index (χ4n) is 1.68. The van der Waals surface area contributed by atoms with Crippen molar-refractivity contribution in [2.75, 3.05) is 11.6 Å². The van der Waals surface area contributed by atoms with Gasteiger partial charge in [0.1, 0.15) is 6.26 Å². The molecule has 0 radical (unpaired) electrons. The number of hydrogen-bond donors (Lipinski definition) is 1. The number of hydrogen-bond acceptors (Lipinski definition) is 1. The van der Waals surface area contributed by atoms with Gasteiger partial charge >= 0.3 is 0 Å². The van der Waals surface area contributed by atoms with Crippen LogP contribution in [0.3, 0.4) is 0 Å². The standard InChI is InChI=1S/C13H15NS/c1-15-13-10-6-5-9-12(13)14-11-7-3-2-4-8-11/h2-7,9-11,14H,8H2,1H3/p+1. The van der Waals surface area contributed by atoms with Crippen LogP contribution in [0.1, 0.15) is 6.42 Å². The van der Waals surface area contributed by atoms with Crippen LogP contribution in [0.2, 0.25) is 0 Å². The van der Waals surface area contributed by atoms with Crippen LogP contribution >= 0.6 is 0 Å². The summed E-state index contributed by atoms with van der Waals surface area (Å²) in [6.07, 6.45) is 11.9. The Labute approximate surface area is 95.3 Å². The minimum atomic E-state index is 0.442. The largest absolute Gasteiger partial charge is 0.374 e. The molecule has 0 saturated heterocycles. The summed E-state index contributed by atoms with van der Waals surface area (Å²) in [5.74, 6) is 0. The van der Waals surface area contributed by atoms with Gasteiger partial charge in [-0.2, -0.15) is 0 Å². The molecule has 1 aromatic rings. The predicted molar refractivity (Wildman–Crippen MR) is 69.7 cm³/mol. The van der Waals surface area contributed by atoms with Crippen molar-refractivity contribution >= 4 is 17.4 Å². The third-order valence-corrected chi connectivity index (χ3v) is 3.34. The topological polar surface area (TPSA) is 12.0 Å². The molecule has 1 N–H and O–H groups in total. The van der Waals surface area contributed by atoms with Gasteiger partial charge in [-0.3, -0.25) is 0 Å². The zero-order chi connectivity index (χ0) is 10.5. The lowest BCUT2D eigenvalue weighted by Gasteiger charge is -2.16. The molecule has 1 unspecified atom stereocenters. The van der Waals surface area contributed by atoms with Gasteiger partial charge in [0, 0.05) is 17.8 Å². The van der Waals surface area contributed by atoms with Crippen LogP contribution in [0.25, 0.3) is 0 Å². The summed E-state index contributed by atoms with van der Waals surface area (Å²) >= 11 is 1.31. The van der Waals surface area contributed by atoms with E-state index in [4.69, 9.17) is 0 Å². The third kappa shape index (κ3) is 2.66. The molecule has 1 nitrogen and oxygen atoms in total. The molecule has 1 atom stereocenters. The Morgan fingerprint density at radius 1 is 1.27 bits per heavy atom. The summed E-state index contributed by atoms with van der Waals surface area (Å²) in [6, 6.07) is 8.94. The molecule has 2 rings (SSSR count). The Hall–Kier alpha value is -1.15. The van der Waals surface area contributed by atoms with Gasteiger partial charge in [-0.1, -0.05) is 36.4 Å². The number of thiol groups is 1. The van der Waals surface area contributed by atoms with Crippen molar-refractivity contribution in [3.05, 3.63) is 48.6 Å². The lowest BCUT2D eigenvalue weighted by molar-refractivity contribution is 0.879. The van der Waals surface area contributed by atoms with Gasteiger partial charge in [-0.25, -0.2) is 0 Å². The Kier molecular flexibility index (Phi) is 3.51. The minimum Gasteiger partial charge on any atom is -0.374 e. The third-order valence-electron chi connectivity index (χ3n) is 2.47. The van der Waals surface area contributed by atoms with Crippen LogP contribution in [0.15, 0.2) is 53.5 Å². The van der Waals surface area contributed by atoms with Crippen LogP contribution in [0, 0.1) is 0 Å². The fourth-order valence-corrected chi connectivity index (χ4v) is 2.29. The number of allylic oxidation sites excluding steroid dienone is 2. The molecule has 1 aliphatic rings. The molecule has 0 amide bonds. The summed E-state index contributed by atoms with van der Waals surface area (Å²) in [6.45, 7) is 0. The van der Waals surface area contributed by atoms with Gasteiger partial charge in [-0.05, 0) is 18.6 Å². The molecule has 0 saturated carbocycles. The van der Waals surface area contributed by atoms with Crippen LogP contribution in [0.5, 0.6) is 0 Å². The molecular weight excluding hydrogens is 202 g/mol. The van der Waals surface area contributed by atoms with Gasteiger partial charge in [0.05, 0.1) is 5.69 Å². The number of benzene rings is 1. The first kappa shape index (κ1) is 10.4. The van der Waals surface area contributed by atoms with E-state index in [2.05, 4.69) is 60.1 Å². The second-order valence-electron chi connectivity index (χ2n) is 3.54. The molecule has 0 fully saturated rings. The number of para-hydroxylation sites is 1. The Morgan fingerprint density at radius 3 is 2.87 bits per heavy atom. The molecular formula is C13H16NS+. The molecule has 0 heterocycles. The first-order chi connectivity index (χ1) is 7.40. The van der Waals surface area contributed by atoms with Gasteiger partial charge in [0.2, 0.25) is 0 Å². The summed E-state index contributed by atoms with van der Waals surface area (Å²) in [7, 11) is 0. The van der Waals surface area contributed by atoms with E-state index < -0.39 is 0 Å². The predicted octanol–water partition coefficient (Wildman–Crippen LogP) is 2.79. The first-order valence-electron chi connectivity index (χ1n) is 5.19. The van der Waals surface area contributed by atoms with Crippen LogP contribution in [0.4, 0.5) is 5.69 Å². The van der Waals surface area contributed by atoms with Crippen LogP contribution < -0.4 is 5.32 Å². The molecule has 1 aromatic carbocycles. The molecule has 0 bridgehead atoms. The first-order valence-corrected chi connectivity index (χ1v) is 6.53. The van der Waals surface area contributed by atoms with Crippen molar-refractivity contribution in [2.45, 2.75) is 17.4 Å². The molecule has 78 valence electrons. The zero-order valence-corrected chi connectivity index (χ0v) is 9.74. The van der Waals surface area contributed by atoms with Gasteiger partial charge in [0.15, 0.2) is 4.90 Å². The minimum absolute atomic E-state index is 0.442. The Bertz CT molecular complexity index is 382. The second kappa shape index (κ2) is 5.08. The van der Waals surface area contributed by atoms with Crippen molar-refractivity contribution in [1.82, 2.24) is 0 Å². The molecule has 0 aromatic heterocycles. The van der Waals surface area contributed by atoms with Crippen molar-refractivity contribution in [1.29, 1.82) is 0 Å². The highest BCUT2D eigenvalue weighted by molar-refractivity contribution is 7.78. The Morgan fingerprint density at radius 2 is 2.13 bits per heavy atom. The van der Waals surface area contributed by atoms with Crippen molar-refractivity contribution in [3.8, 4) is 0 Å². The van der Waals surface area contributed by atoms with E-state index in [1.54, 1.807) is 0 Å². The van der Waals surface area contributed by atoms with Gasteiger partial charge in [-0.15, -0.1) is 0 Å². The maximum Gasteiger partial charge on any atom is 0.175 e. The maximum absolute atomic E-state index is 3.56. The molecule has 0 aliphatic heterocycles. The summed E-state index contributed by atoms with van der Waals surface area (Å²) in [5, 5.41) is 3.56. The highest BCUT2D eigenvalue weighted by atomic mass is 32.2. The van der Waals surface area contributed by atoms with E-state index in [1.165, 1.54) is 22.3 Å². The number of anilines is 1. The average molecular weight is 218 g/mol. The number of rotatable bonds is 3. The molecule has 15 heavy (non-hydrogen) atoms. The maximum atomic E-state index is 3.56. The van der Waals surface area contributed by atoms with Crippen LogP contribution in [-0.4, -0.2) is 12.3 Å². The number of nitrogens with one attached hydrogen (secondary N) is 1. The van der Waals surface area contributed by atoms with Crippen molar-refractivity contribution < 1.29 is 0 Å². The normalized spacial score (nSPS) is 19.1. The Balaban J connectivity index is 2.09. The van der Waals surface area contributed by atoms with E-state index in [0.29, 0.717) is 6.04 Å². The van der Waals surface area contributed by atoms with Crippen LogP contribution in [-0.2, 0) is 11.8 Å². The zero-order valence-electron chi connectivity index (χ0n) is 8.85. The van der Waals surface area contributed by atoms with Gasteiger partial charge < -0.3 is 5.32 Å². The molecule has 1 aliphatic carbocycles. The molecule has 0 spiro atoms. The summed E-state index contributed by atoms with van der Waals surface area (Å²) in [5.41, 5.74) is 1.26. The average Bonchev–Trinajstić information content (AvgIpc) is 2.31. The smallest absolute Gasteiger partial charge is 0.175 e. The lowest BCUT2D eigenvalue weighted by atomic mass is 10.1. The fraction of sp³-hybridized carbons (Fsp3) is 0.231. The summed E-state index contributed by atoms with van der Waals surface area (Å²) < 4.78 is 0. The molecule has 2 heteroatoms. The van der Waals surface area contributed by atoms with Crippen molar-refractivity contribution in [3.63, 3.8) is 0 Å². The monoisotopic (exact) mass is 218 g/mol. The van der Waals surface area contributed by atoms with E-state index >= 15 is 0 Å². The lowest BCUT2D eigenvalue weighted by Crippen LogP contribution is -2.17. The van der Waals surface area contributed by atoms with Gasteiger partial charge in [0.25, 0.3) is 0 Å². The van der Waals surface area contributed by atoms with Crippen molar-refractivity contribution in [2.24, 2.45) is 0 Å². The highest BCUT2D eigenvalue weighted by Crippen LogP contribution is 2.19. The quantitative estimate of drug-likeness (QED) is 0.607. The van der Waals surface area contributed by atoms with E-state index in [-0.39, 0.29) is 0 Å². The second-order valence-corrected chi connectivity index (χ2v) is 4.47. The SMILES string of the molecule is C[SH+]c1ccccc1NC1C=CC=CC1. The van der Waals surface area contributed by atoms with E-state index in [9.17, 15) is 0 Å². The van der Waals surface area contributed by atoms with E-state index in [1.807, 2.05) is 0 Å². The summed E-state index contributed by atoms with van der Waals surface area (Å²) in [4.78, 5) is 1.36. The highest BCUT2D eigenvalue weighted by Gasteiger charge is 2.10.